The van der Waals surface area contributed by atoms with Gasteiger partial charge in [0.1, 0.15) is 12.1 Å². The van der Waals surface area contributed by atoms with Gasteiger partial charge in [-0.2, -0.15) is 0 Å². The fraction of sp³-hybridized carbons (Fsp3) is 0.591. The van der Waals surface area contributed by atoms with E-state index in [9.17, 15) is 14.4 Å². The zero-order chi connectivity index (χ0) is 20.4. The minimum Gasteiger partial charge on any atom is -0.350 e. The summed E-state index contributed by atoms with van der Waals surface area (Å²) in [5.74, 6) is -0.0265. The second-order valence-corrected chi connectivity index (χ2v) is 8.78. The number of nitrogens with one attached hydrogen (secondary N) is 2. The van der Waals surface area contributed by atoms with Gasteiger partial charge in [-0.3, -0.25) is 14.5 Å². The van der Waals surface area contributed by atoms with Crippen molar-refractivity contribution < 1.29 is 14.4 Å². The van der Waals surface area contributed by atoms with E-state index in [2.05, 4.69) is 31.4 Å². The molecule has 1 heterocycles. The molecule has 0 aromatic heterocycles. The van der Waals surface area contributed by atoms with Crippen LogP contribution < -0.4 is 10.6 Å². The lowest BCUT2D eigenvalue weighted by Gasteiger charge is -2.42. The molecule has 1 aliphatic carbocycles. The second kappa shape index (κ2) is 7.94. The van der Waals surface area contributed by atoms with Crippen LogP contribution in [0.5, 0.6) is 0 Å². The van der Waals surface area contributed by atoms with Gasteiger partial charge in [-0.25, -0.2) is 4.79 Å². The molecule has 1 saturated carbocycles. The van der Waals surface area contributed by atoms with Gasteiger partial charge in [-0.1, -0.05) is 57.5 Å². The highest BCUT2D eigenvalue weighted by Crippen LogP contribution is 2.45. The van der Waals surface area contributed by atoms with Crippen LogP contribution >= 0.6 is 0 Å². The first kappa shape index (κ1) is 20.4. The quantitative estimate of drug-likeness (QED) is 0.738. The van der Waals surface area contributed by atoms with Crippen molar-refractivity contribution in [1.29, 1.82) is 0 Å². The van der Waals surface area contributed by atoms with Crippen molar-refractivity contribution in [2.24, 2.45) is 11.3 Å². The first-order valence-corrected chi connectivity index (χ1v) is 10.2. The maximum Gasteiger partial charge on any atom is 0.325 e. The number of nitrogens with zero attached hydrogens (tertiary/aromatic N) is 1. The van der Waals surface area contributed by atoms with Crippen molar-refractivity contribution >= 4 is 17.8 Å². The molecule has 1 aromatic carbocycles. The molecule has 2 aliphatic rings. The Morgan fingerprint density at radius 3 is 2.46 bits per heavy atom. The monoisotopic (exact) mass is 385 g/mol. The fourth-order valence-electron chi connectivity index (χ4n) is 4.34. The van der Waals surface area contributed by atoms with Crippen LogP contribution in [0, 0.1) is 11.3 Å². The number of carbonyl (C=O) groups is 3. The summed E-state index contributed by atoms with van der Waals surface area (Å²) in [6, 6.07) is 9.10. The number of imide groups is 1. The molecule has 152 valence electrons. The van der Waals surface area contributed by atoms with Crippen LogP contribution in [-0.4, -0.2) is 34.8 Å². The summed E-state index contributed by atoms with van der Waals surface area (Å²) >= 11 is 0. The summed E-state index contributed by atoms with van der Waals surface area (Å²) < 4.78 is 0. The van der Waals surface area contributed by atoms with Gasteiger partial charge in [0, 0.05) is 6.54 Å². The van der Waals surface area contributed by atoms with Crippen LogP contribution in [0.4, 0.5) is 4.79 Å². The van der Waals surface area contributed by atoms with E-state index in [1.807, 2.05) is 30.3 Å². The van der Waals surface area contributed by atoms with E-state index in [-0.39, 0.29) is 23.8 Å². The van der Waals surface area contributed by atoms with Gasteiger partial charge in [0.2, 0.25) is 5.91 Å². The summed E-state index contributed by atoms with van der Waals surface area (Å²) in [5.41, 5.74) is 0.392. The Kier molecular flexibility index (Phi) is 5.77. The highest BCUT2D eigenvalue weighted by molar-refractivity contribution is 6.09. The van der Waals surface area contributed by atoms with E-state index in [0.29, 0.717) is 25.3 Å². The van der Waals surface area contributed by atoms with Crippen LogP contribution in [0.15, 0.2) is 30.3 Å². The van der Waals surface area contributed by atoms with Crippen molar-refractivity contribution in [1.82, 2.24) is 15.5 Å². The van der Waals surface area contributed by atoms with Crippen LogP contribution in [0.1, 0.15) is 58.4 Å². The van der Waals surface area contributed by atoms with Crippen LogP contribution in [0.25, 0.3) is 0 Å². The number of benzene rings is 1. The number of carbonyl (C=O) groups excluding carboxylic acids is 3. The molecule has 4 amide bonds. The number of hydrogen-bond acceptors (Lipinski definition) is 3. The largest absolute Gasteiger partial charge is 0.350 e. The maximum absolute atomic E-state index is 13.0. The molecule has 6 heteroatoms. The van der Waals surface area contributed by atoms with Gasteiger partial charge < -0.3 is 10.6 Å². The Bertz CT molecular complexity index is 737. The Morgan fingerprint density at radius 2 is 1.86 bits per heavy atom. The SMILES string of the molecule is CCC(C)(C)C1CCC2(CC1)NC(=O)N(CC(=O)NCc1ccccc1)C2=O. The highest BCUT2D eigenvalue weighted by Gasteiger charge is 2.53. The molecule has 0 radical (unpaired) electrons. The lowest BCUT2D eigenvalue weighted by molar-refractivity contribution is -0.136. The van der Waals surface area contributed by atoms with E-state index in [0.717, 1.165) is 29.7 Å². The first-order valence-electron chi connectivity index (χ1n) is 10.2. The molecule has 1 aromatic rings. The molecule has 0 bridgehead atoms. The summed E-state index contributed by atoms with van der Waals surface area (Å²) in [7, 11) is 0. The molecular formula is C22H31N3O3. The van der Waals surface area contributed by atoms with Gasteiger partial charge in [-0.15, -0.1) is 0 Å². The van der Waals surface area contributed by atoms with Crippen molar-refractivity contribution in [2.75, 3.05) is 6.54 Å². The van der Waals surface area contributed by atoms with Gasteiger partial charge in [0.05, 0.1) is 0 Å². The predicted octanol–water partition coefficient (Wildman–Crippen LogP) is 3.22. The molecule has 1 aliphatic heterocycles. The average molecular weight is 386 g/mol. The molecule has 1 saturated heterocycles. The topological polar surface area (TPSA) is 78.5 Å². The van der Waals surface area contributed by atoms with E-state index >= 15 is 0 Å². The normalized spacial score (nSPS) is 25.1. The Hall–Kier alpha value is -2.37. The number of urea groups is 1. The van der Waals surface area contributed by atoms with Gasteiger partial charge in [0.25, 0.3) is 5.91 Å². The van der Waals surface area contributed by atoms with E-state index in [4.69, 9.17) is 0 Å². The Labute approximate surface area is 167 Å². The van der Waals surface area contributed by atoms with Crippen molar-refractivity contribution in [3.63, 3.8) is 0 Å². The minimum absolute atomic E-state index is 0.233. The van der Waals surface area contributed by atoms with Crippen molar-refractivity contribution in [3.8, 4) is 0 Å². The standard InChI is InChI=1S/C22H31N3O3/c1-4-21(2,3)17-10-12-22(13-11-17)19(27)25(20(28)24-22)15-18(26)23-14-16-8-6-5-7-9-16/h5-9,17H,4,10-15H2,1-3H3,(H,23,26)(H,24,28). The Balaban J connectivity index is 1.57. The second-order valence-electron chi connectivity index (χ2n) is 8.78. The fourth-order valence-corrected chi connectivity index (χ4v) is 4.34. The van der Waals surface area contributed by atoms with Crippen molar-refractivity contribution in [2.45, 2.75) is 65.0 Å². The third-order valence-electron chi connectivity index (χ3n) is 6.74. The van der Waals surface area contributed by atoms with E-state index in [1.54, 1.807) is 0 Å². The number of amides is 4. The summed E-state index contributed by atoms with van der Waals surface area (Å²) in [6.07, 6.45) is 4.22. The maximum atomic E-state index is 13.0. The van der Waals surface area contributed by atoms with Crippen LogP contribution in [-0.2, 0) is 16.1 Å². The molecule has 0 unspecified atom stereocenters. The zero-order valence-corrected chi connectivity index (χ0v) is 17.1. The molecule has 2 fully saturated rings. The van der Waals surface area contributed by atoms with Crippen LogP contribution in [0.2, 0.25) is 0 Å². The van der Waals surface area contributed by atoms with Crippen LogP contribution in [0.3, 0.4) is 0 Å². The van der Waals surface area contributed by atoms with Gasteiger partial charge >= 0.3 is 6.03 Å². The molecule has 0 atom stereocenters. The summed E-state index contributed by atoms with van der Waals surface area (Å²) in [6.45, 7) is 6.89. The molecule has 1 spiro atoms. The van der Waals surface area contributed by atoms with E-state index < -0.39 is 11.6 Å². The van der Waals surface area contributed by atoms with Gasteiger partial charge in [0.15, 0.2) is 0 Å². The van der Waals surface area contributed by atoms with Crippen molar-refractivity contribution in [3.05, 3.63) is 35.9 Å². The number of hydrogen-bond donors (Lipinski definition) is 2. The molecule has 2 N–H and O–H groups in total. The average Bonchev–Trinajstić information content (AvgIpc) is 2.91. The predicted molar refractivity (Wildman–Crippen MR) is 107 cm³/mol. The lowest BCUT2D eigenvalue weighted by atomic mass is 9.65. The molecule has 3 rings (SSSR count). The summed E-state index contributed by atoms with van der Waals surface area (Å²) in [4.78, 5) is 38.8. The minimum atomic E-state index is -0.822. The first-order chi connectivity index (χ1) is 13.3. The third kappa shape index (κ3) is 4.05. The van der Waals surface area contributed by atoms with E-state index in [1.165, 1.54) is 0 Å². The number of rotatable bonds is 6. The lowest BCUT2D eigenvalue weighted by Crippen LogP contribution is -2.51. The molecular weight excluding hydrogens is 354 g/mol. The molecule has 28 heavy (non-hydrogen) atoms. The smallest absolute Gasteiger partial charge is 0.325 e. The molecule has 6 nitrogen and oxygen atoms in total. The Morgan fingerprint density at radius 1 is 1.21 bits per heavy atom. The summed E-state index contributed by atoms with van der Waals surface area (Å²) in [5, 5.41) is 5.68. The van der Waals surface area contributed by atoms with Gasteiger partial charge in [-0.05, 0) is 42.6 Å². The third-order valence-corrected chi connectivity index (χ3v) is 6.74. The highest BCUT2D eigenvalue weighted by atomic mass is 16.2. The zero-order valence-electron chi connectivity index (χ0n) is 17.1.